The van der Waals surface area contributed by atoms with Gasteiger partial charge < -0.3 is 49.8 Å². The second-order valence-electron chi connectivity index (χ2n) is 36.6. The SMILES string of the molecule is C.CCN(CC)c1ccc(C(c2ccc(N(c3ccccc3)c3ccc(N(c4ccccc4)c4ccc(C(c5ccc(N(CC)CC)cc5C)c5ccc(N(CC)CC)cc5C)cc4)cc3)cc2)c2ccc(N(CC)CC)cc2C)c(C)c1.Cc1ccc(C=O)cc1.O=Cc1ccc(N(c2ccccc2)c2ccc(N(c3ccccc3)c3ccc(C=O)cc3)cc2)cc1.[2HH].c1ccc(Nc2ccc(Nc3ccccc3)cc2)cc1. The van der Waals surface area contributed by atoms with Gasteiger partial charge in [-0.2, -0.15) is 0 Å². The first-order chi connectivity index (χ1) is 72.0. The maximum atomic E-state index is 11.2. The number of carbonyl (C=O) groups is 3. The number of para-hydroxylation sites is 6. The topological polar surface area (TPSA) is 101 Å². The molecule has 18 aromatic carbocycles. The standard InChI is InChI=1S/C76H88N6.C32H24N2O2.C18H16N2.C8H8O.CH4.H2/c1-13-77(14-2)67-43-47-71(55(9)51-67)75(72-48-44-68(52-56(72)10)78(15-3)16-4)59-31-35-63(36-32-59)81(61-27-23-21-24-28-61)65-39-41-66(42-40-65)82(62-29-25-22-26-30-62)64-37-33-60(34-38-64)76(73-49-45-69(53-57(73)11)79(17-5)18-6)74-50-46-70(54-58(74)12)80(19-7)20-8;35-23-25-11-15-29(16-12-25)33(27-7-3-1-4-8-27)31-19-21-32(22-20-31)34(28-9-5-2-6-10-28)30-17-13-26(24-36)14-18-30;1-3-7-15(8-4-1)19-17-11-13-18(14-12-17)20-16-9-5-2-6-10-16;1-7-2-4-8(6-9)5-3-7;;/h21-54,75-76H,13-20H2,1-12H3;1-24H;1-14,19-20H;2-6H,1H3;1H4;1H/i;;;;;1+1. The van der Waals surface area contributed by atoms with Gasteiger partial charge in [-0.1, -0.05) is 195 Å². The fourth-order valence-electron chi connectivity index (χ4n) is 19.4. The van der Waals surface area contributed by atoms with Gasteiger partial charge in [-0.3, -0.25) is 14.4 Å². The van der Waals surface area contributed by atoms with E-state index in [1.807, 2.05) is 153 Å². The monoisotopic (exact) mass is 1950 g/mol. The van der Waals surface area contributed by atoms with E-state index in [9.17, 15) is 14.4 Å². The molecule has 0 saturated heterocycles. The summed E-state index contributed by atoms with van der Waals surface area (Å²) in [4.78, 5) is 51.3. The lowest BCUT2D eigenvalue weighted by atomic mass is 9.81. The summed E-state index contributed by atoms with van der Waals surface area (Å²) in [7, 11) is 0. The average molecular weight is 1950 g/mol. The summed E-state index contributed by atoms with van der Waals surface area (Å²) in [6.07, 6.45) is 2.55. The predicted molar refractivity (Wildman–Crippen MR) is 635 cm³/mol. The molecule has 0 bridgehead atoms. The molecule has 750 valence electrons. The first-order valence-electron chi connectivity index (χ1n) is 51.6. The van der Waals surface area contributed by atoms with Gasteiger partial charge in [0.25, 0.3) is 0 Å². The molecule has 0 saturated carbocycles. The molecule has 18 aromatic rings. The molecule has 18 rings (SSSR count). The Morgan fingerprint density at radius 3 is 0.568 bits per heavy atom. The van der Waals surface area contributed by atoms with Gasteiger partial charge >= 0.3 is 0 Å². The number of rotatable bonds is 37. The van der Waals surface area contributed by atoms with Crippen LogP contribution < -0.4 is 49.8 Å². The van der Waals surface area contributed by atoms with Crippen LogP contribution in [0.2, 0.25) is 0 Å². The maximum Gasteiger partial charge on any atom is 0.150 e. The zero-order valence-electron chi connectivity index (χ0n) is 87.1. The normalized spacial score (nSPS) is 10.7. The number of aryl methyl sites for hydroxylation is 5. The van der Waals surface area contributed by atoms with Gasteiger partial charge in [0.05, 0.1) is 0 Å². The van der Waals surface area contributed by atoms with Gasteiger partial charge in [-0.05, 0) is 413 Å². The highest BCUT2D eigenvalue weighted by atomic mass is 16.1. The van der Waals surface area contributed by atoms with Gasteiger partial charge in [0.1, 0.15) is 18.9 Å². The Morgan fingerprint density at radius 2 is 0.372 bits per heavy atom. The molecule has 0 aliphatic carbocycles. The van der Waals surface area contributed by atoms with E-state index >= 15 is 0 Å². The Balaban J connectivity index is 0.000000222. The molecule has 0 spiro atoms. The zero-order valence-corrected chi connectivity index (χ0v) is 87.1. The van der Waals surface area contributed by atoms with Crippen molar-refractivity contribution < 1.29 is 15.8 Å². The number of hydrogen-bond acceptors (Lipinski definition) is 13. The second kappa shape index (κ2) is 53.0. The van der Waals surface area contributed by atoms with Crippen LogP contribution >= 0.6 is 0 Å². The third-order valence-electron chi connectivity index (χ3n) is 27.3. The van der Waals surface area contributed by atoms with Crippen LogP contribution in [0.4, 0.5) is 114 Å². The van der Waals surface area contributed by atoms with Gasteiger partial charge in [-0.25, -0.2) is 0 Å². The Bertz CT molecular complexity index is 6630. The lowest BCUT2D eigenvalue weighted by Crippen LogP contribution is -2.22. The smallest absolute Gasteiger partial charge is 0.150 e. The van der Waals surface area contributed by atoms with E-state index < -0.39 is 0 Å². The predicted octanol–water partition coefficient (Wildman–Crippen LogP) is 35.7. The van der Waals surface area contributed by atoms with E-state index in [2.05, 4.69) is 436 Å². The highest BCUT2D eigenvalue weighted by Gasteiger charge is 2.28. The molecule has 2 N–H and O–H groups in total. The van der Waals surface area contributed by atoms with Crippen molar-refractivity contribution in [2.75, 3.05) is 102 Å². The van der Waals surface area contributed by atoms with Crippen molar-refractivity contribution in [3.05, 3.63) is 527 Å². The minimum Gasteiger partial charge on any atom is -0.372 e. The second-order valence-corrected chi connectivity index (χ2v) is 36.6. The van der Waals surface area contributed by atoms with Crippen LogP contribution in [-0.2, 0) is 0 Å². The lowest BCUT2D eigenvalue weighted by molar-refractivity contribution is 0.111. The van der Waals surface area contributed by atoms with E-state index in [1.54, 1.807) is 0 Å². The molecule has 0 atom stereocenters. The average Bonchev–Trinajstić information content (AvgIpc) is 0.774. The van der Waals surface area contributed by atoms with Crippen LogP contribution in [0.1, 0.15) is 168 Å². The minimum atomic E-state index is 0. The van der Waals surface area contributed by atoms with Crippen molar-refractivity contribution >= 4 is 133 Å². The van der Waals surface area contributed by atoms with Crippen molar-refractivity contribution in [3.8, 4) is 0 Å². The fourth-order valence-corrected chi connectivity index (χ4v) is 19.4. The number of carbonyl (C=O) groups excluding carboxylic acids is 3. The summed E-state index contributed by atoms with van der Waals surface area (Å²) in [6, 6.07) is 157. The highest BCUT2D eigenvalue weighted by Crippen LogP contribution is 2.47. The Labute approximate surface area is 880 Å². The van der Waals surface area contributed by atoms with E-state index in [4.69, 9.17) is 0 Å². The number of anilines is 20. The molecule has 0 radical (unpaired) electrons. The molecular weight excluding hydrogens is 1810 g/mol. The van der Waals surface area contributed by atoms with Crippen LogP contribution in [0, 0.1) is 34.6 Å². The number of nitrogens with zero attached hydrogens (tertiary/aromatic N) is 8. The van der Waals surface area contributed by atoms with Crippen LogP contribution in [0.5, 0.6) is 0 Å². The van der Waals surface area contributed by atoms with Gasteiger partial charge in [0.2, 0.25) is 0 Å². The molecule has 0 aromatic heterocycles. The summed E-state index contributed by atoms with van der Waals surface area (Å²) < 4.78 is 0. The minimum absolute atomic E-state index is 0. The zero-order chi connectivity index (χ0) is 103. The molecule has 0 unspecified atom stereocenters. The van der Waals surface area contributed by atoms with Gasteiger partial charge in [0, 0.05) is 196 Å². The van der Waals surface area contributed by atoms with Crippen molar-refractivity contribution in [1.82, 2.24) is 0 Å². The first kappa shape index (κ1) is 107. The third-order valence-corrected chi connectivity index (χ3v) is 27.3. The summed E-state index contributed by atoms with van der Waals surface area (Å²) >= 11 is 0. The summed E-state index contributed by atoms with van der Waals surface area (Å²) in [5.41, 5.74) is 38.3. The largest absolute Gasteiger partial charge is 0.372 e. The first-order valence-corrected chi connectivity index (χ1v) is 51.6. The van der Waals surface area contributed by atoms with Crippen molar-refractivity contribution in [2.45, 2.75) is 109 Å². The Hall–Kier alpha value is -17.0. The van der Waals surface area contributed by atoms with E-state index in [-0.39, 0.29) is 20.7 Å². The molecule has 0 heterocycles. The molecular formula is C135H142N10O3. The molecule has 13 nitrogen and oxygen atoms in total. The van der Waals surface area contributed by atoms with E-state index in [1.165, 1.54) is 83.9 Å². The molecule has 13 heteroatoms. The van der Waals surface area contributed by atoms with Crippen LogP contribution in [0.15, 0.2) is 449 Å². The maximum absolute atomic E-state index is 11.2. The number of aldehydes is 3. The molecule has 0 fully saturated rings. The molecule has 0 aliphatic rings. The van der Waals surface area contributed by atoms with Crippen LogP contribution in [-0.4, -0.2) is 71.2 Å². The summed E-state index contributed by atoms with van der Waals surface area (Å²) in [5.74, 6) is 0.112. The Morgan fingerprint density at radius 1 is 0.203 bits per heavy atom. The summed E-state index contributed by atoms with van der Waals surface area (Å²) in [5, 5.41) is 6.73. The quantitative estimate of drug-likeness (QED) is 0.0286. The van der Waals surface area contributed by atoms with Crippen molar-refractivity contribution in [2.24, 2.45) is 0 Å². The fraction of sp³-hybridized carbons (Fsp3) is 0.178. The van der Waals surface area contributed by atoms with Crippen LogP contribution in [0.25, 0.3) is 0 Å². The van der Waals surface area contributed by atoms with E-state index in [0.717, 1.165) is 168 Å². The molecule has 0 aliphatic heterocycles. The number of nitrogens with one attached hydrogen (secondary N) is 2. The number of benzene rings is 18. The van der Waals surface area contributed by atoms with Crippen molar-refractivity contribution in [3.63, 3.8) is 0 Å². The highest BCUT2D eigenvalue weighted by molar-refractivity contribution is 5.86. The third kappa shape index (κ3) is 26.8. The van der Waals surface area contributed by atoms with Gasteiger partial charge in [-0.15, -0.1) is 0 Å². The molecule has 148 heavy (non-hydrogen) atoms. The van der Waals surface area contributed by atoms with Crippen LogP contribution in [0.3, 0.4) is 0 Å². The number of hydrogen-bond donors (Lipinski definition) is 2. The Kier molecular flexibility index (Phi) is 38.2. The summed E-state index contributed by atoms with van der Waals surface area (Å²) in [6.45, 7) is 36.9. The molecule has 0 amide bonds. The lowest BCUT2D eigenvalue weighted by Gasteiger charge is -2.30. The van der Waals surface area contributed by atoms with Gasteiger partial charge in [0.15, 0.2) is 0 Å². The van der Waals surface area contributed by atoms with Crippen molar-refractivity contribution in [1.29, 1.82) is 0 Å². The van der Waals surface area contributed by atoms with E-state index in [0.29, 0.717) is 11.1 Å².